The Labute approximate surface area is 89.5 Å². The fraction of sp³-hybridized carbons (Fsp3) is 0.200. The number of hydrogen-bond donors (Lipinski definition) is 1. The number of hydrogen-bond acceptors (Lipinski definition) is 4. The number of carbonyl (C=O) groups is 2. The van der Waals surface area contributed by atoms with Crippen LogP contribution in [0.5, 0.6) is 0 Å². The minimum absolute atomic E-state index is 0.247. The van der Waals surface area contributed by atoms with Crippen molar-refractivity contribution >= 4 is 21.5 Å². The van der Waals surface area contributed by atoms with E-state index in [0.717, 1.165) is 0 Å². The van der Waals surface area contributed by atoms with Gasteiger partial charge in [-0.15, -0.1) is 0 Å². The van der Waals surface area contributed by atoms with Crippen molar-refractivity contribution < 1.29 is 19.4 Å². The Balaban J connectivity index is 2.70. The number of aliphatic hydroxyl groups excluding tert-OH is 1. The van der Waals surface area contributed by atoms with E-state index in [-0.39, 0.29) is 6.61 Å². The van der Waals surface area contributed by atoms with Gasteiger partial charge in [-0.3, -0.25) is 4.79 Å². The fourth-order valence-corrected chi connectivity index (χ4v) is 1.06. The van der Waals surface area contributed by atoms with E-state index in [2.05, 4.69) is 9.24 Å². The van der Waals surface area contributed by atoms with Crippen LogP contribution >= 0.6 is 9.24 Å². The monoisotopic (exact) mass is 226 g/mol. The third kappa shape index (κ3) is 3.42. The van der Waals surface area contributed by atoms with Crippen LogP contribution < -0.4 is 0 Å². The number of aliphatic hydroxyl groups is 1. The van der Waals surface area contributed by atoms with E-state index in [1.165, 1.54) is 24.3 Å². The highest BCUT2D eigenvalue weighted by Gasteiger charge is 2.10. The molecule has 2 unspecified atom stereocenters. The lowest BCUT2D eigenvalue weighted by molar-refractivity contribution is 0.0361. The third-order valence-corrected chi connectivity index (χ3v) is 2.07. The lowest BCUT2D eigenvalue weighted by Gasteiger charge is -2.09. The van der Waals surface area contributed by atoms with E-state index < -0.39 is 11.8 Å². The van der Waals surface area contributed by atoms with Crippen molar-refractivity contribution in [3.63, 3.8) is 0 Å². The summed E-state index contributed by atoms with van der Waals surface area (Å²) < 4.78 is 4.84. The van der Waals surface area contributed by atoms with Gasteiger partial charge in [0.2, 0.25) is 0 Å². The second kappa shape index (κ2) is 5.59. The van der Waals surface area contributed by atoms with E-state index in [9.17, 15) is 9.59 Å². The van der Waals surface area contributed by atoms with Gasteiger partial charge in [-0.25, -0.2) is 4.79 Å². The Hall–Kier alpha value is -1.25. The molecule has 1 aromatic carbocycles. The van der Waals surface area contributed by atoms with Crippen molar-refractivity contribution in [1.82, 2.24) is 0 Å². The van der Waals surface area contributed by atoms with E-state index in [1.807, 2.05) is 0 Å². The number of esters is 1. The molecular weight excluding hydrogens is 215 g/mol. The van der Waals surface area contributed by atoms with Crippen LogP contribution in [0.1, 0.15) is 20.7 Å². The molecule has 0 aliphatic carbocycles. The molecule has 5 heteroatoms. The van der Waals surface area contributed by atoms with Crippen LogP contribution in [-0.2, 0) is 4.74 Å². The third-order valence-electron chi connectivity index (χ3n) is 1.72. The van der Waals surface area contributed by atoms with Crippen LogP contribution in [0.3, 0.4) is 0 Å². The van der Waals surface area contributed by atoms with Gasteiger partial charge >= 0.3 is 5.97 Å². The highest BCUT2D eigenvalue weighted by Crippen LogP contribution is 2.08. The summed E-state index contributed by atoms with van der Waals surface area (Å²) in [5, 5.41) is 8.67. The van der Waals surface area contributed by atoms with E-state index in [0.29, 0.717) is 17.4 Å². The standard InChI is InChI=1S/C10H11O4P/c11-5-7-1-3-8(4-2-7)10(13)14-9(15)6-12/h1-5,9,12H,6,15H2. The van der Waals surface area contributed by atoms with Crippen LogP contribution in [0.2, 0.25) is 0 Å². The Bertz CT molecular complexity index is 347. The van der Waals surface area contributed by atoms with Crippen LogP contribution in [0.25, 0.3) is 0 Å². The molecule has 1 rings (SSSR count). The Kier molecular flexibility index (Phi) is 4.40. The molecule has 80 valence electrons. The minimum atomic E-state index is -0.608. The van der Waals surface area contributed by atoms with Crippen molar-refractivity contribution in [1.29, 1.82) is 0 Å². The number of carbonyl (C=O) groups excluding carboxylic acids is 2. The molecule has 1 aromatic rings. The number of benzene rings is 1. The molecule has 0 spiro atoms. The van der Waals surface area contributed by atoms with Gasteiger partial charge in [0.25, 0.3) is 0 Å². The molecule has 1 N–H and O–H groups in total. The molecule has 15 heavy (non-hydrogen) atoms. The highest BCUT2D eigenvalue weighted by molar-refractivity contribution is 7.17. The van der Waals surface area contributed by atoms with E-state index in [1.54, 1.807) is 0 Å². The average Bonchev–Trinajstić information content (AvgIpc) is 2.29. The first kappa shape index (κ1) is 11.8. The van der Waals surface area contributed by atoms with Crippen LogP contribution in [0.15, 0.2) is 24.3 Å². The molecule has 0 saturated heterocycles. The first-order valence-electron chi connectivity index (χ1n) is 4.30. The van der Waals surface area contributed by atoms with Crippen molar-refractivity contribution in [3.8, 4) is 0 Å². The summed E-state index contributed by atoms with van der Waals surface area (Å²) in [6, 6.07) is 6.06. The molecule has 0 saturated carbocycles. The summed E-state index contributed by atoms with van der Waals surface area (Å²) in [4.78, 5) is 21.7. The Morgan fingerprint density at radius 3 is 2.53 bits per heavy atom. The largest absolute Gasteiger partial charge is 0.452 e. The normalized spacial score (nSPS) is 11.9. The van der Waals surface area contributed by atoms with Crippen LogP contribution in [0.4, 0.5) is 0 Å². The van der Waals surface area contributed by atoms with Crippen LogP contribution in [0, 0.1) is 0 Å². The quantitative estimate of drug-likeness (QED) is 0.469. The van der Waals surface area contributed by atoms with Gasteiger partial charge in [-0.1, -0.05) is 21.4 Å². The average molecular weight is 226 g/mol. The summed E-state index contributed by atoms with van der Waals surface area (Å²) in [5.74, 6) is -1.13. The van der Waals surface area contributed by atoms with Gasteiger partial charge in [0.15, 0.2) is 0 Å². The SMILES string of the molecule is O=Cc1ccc(C(=O)OC(P)CO)cc1. The van der Waals surface area contributed by atoms with Crippen molar-refractivity contribution in [2.45, 2.75) is 5.85 Å². The van der Waals surface area contributed by atoms with Crippen molar-refractivity contribution in [2.75, 3.05) is 6.61 Å². The smallest absolute Gasteiger partial charge is 0.338 e. The summed E-state index contributed by atoms with van der Waals surface area (Å²) >= 11 is 0. The van der Waals surface area contributed by atoms with E-state index in [4.69, 9.17) is 9.84 Å². The molecule has 0 radical (unpaired) electrons. The van der Waals surface area contributed by atoms with Crippen LogP contribution in [-0.4, -0.2) is 29.8 Å². The zero-order chi connectivity index (χ0) is 11.3. The van der Waals surface area contributed by atoms with Crippen molar-refractivity contribution in [3.05, 3.63) is 35.4 Å². The van der Waals surface area contributed by atoms with Gasteiger partial charge in [0, 0.05) is 5.56 Å². The summed E-state index contributed by atoms with van der Waals surface area (Å²) in [6.07, 6.45) is 0.696. The maximum absolute atomic E-state index is 11.4. The molecule has 0 fully saturated rings. The maximum atomic E-state index is 11.4. The second-order valence-electron chi connectivity index (χ2n) is 2.87. The number of ether oxygens (including phenoxy) is 1. The van der Waals surface area contributed by atoms with Gasteiger partial charge in [-0.05, 0) is 12.1 Å². The predicted molar refractivity (Wildman–Crippen MR) is 57.8 cm³/mol. The summed E-state index contributed by atoms with van der Waals surface area (Å²) in [6.45, 7) is -0.247. The van der Waals surface area contributed by atoms with E-state index >= 15 is 0 Å². The molecule has 0 aliphatic heterocycles. The molecule has 0 heterocycles. The fourth-order valence-electron chi connectivity index (χ4n) is 0.941. The highest BCUT2D eigenvalue weighted by atomic mass is 31.0. The molecule has 0 aromatic heterocycles. The molecule has 0 bridgehead atoms. The first-order valence-corrected chi connectivity index (χ1v) is 4.96. The first-order chi connectivity index (χ1) is 7.17. The predicted octanol–water partition coefficient (Wildman–Crippen LogP) is 0.849. The van der Waals surface area contributed by atoms with Gasteiger partial charge in [0.05, 0.1) is 12.2 Å². The summed E-state index contributed by atoms with van der Waals surface area (Å²) in [7, 11) is 2.20. The molecular formula is C10H11O4P. The number of aldehydes is 1. The number of rotatable bonds is 4. The molecule has 0 amide bonds. The van der Waals surface area contributed by atoms with Crippen molar-refractivity contribution in [2.24, 2.45) is 0 Å². The molecule has 0 aliphatic rings. The summed E-state index contributed by atoms with van der Waals surface area (Å²) in [5.41, 5.74) is 0.845. The lowest BCUT2D eigenvalue weighted by Crippen LogP contribution is -2.15. The lowest BCUT2D eigenvalue weighted by atomic mass is 10.1. The minimum Gasteiger partial charge on any atom is -0.452 e. The zero-order valence-corrected chi connectivity index (χ0v) is 9.08. The molecule has 4 nitrogen and oxygen atoms in total. The van der Waals surface area contributed by atoms with Gasteiger partial charge < -0.3 is 9.84 Å². The van der Waals surface area contributed by atoms with Gasteiger partial charge in [-0.2, -0.15) is 0 Å². The second-order valence-corrected chi connectivity index (χ2v) is 3.61. The molecule has 2 atom stereocenters. The van der Waals surface area contributed by atoms with Gasteiger partial charge in [0.1, 0.15) is 12.1 Å². The maximum Gasteiger partial charge on any atom is 0.338 e. The Morgan fingerprint density at radius 2 is 2.07 bits per heavy atom. The zero-order valence-electron chi connectivity index (χ0n) is 7.92. The topological polar surface area (TPSA) is 63.6 Å². The Morgan fingerprint density at radius 1 is 1.47 bits per heavy atom.